The lowest BCUT2D eigenvalue weighted by atomic mass is 9.94. The van der Waals surface area contributed by atoms with Crippen LogP contribution < -0.4 is 31.0 Å². The molecule has 15 heteroatoms. The maximum absolute atomic E-state index is 17.0. The van der Waals surface area contributed by atoms with Crippen molar-refractivity contribution < 1.29 is 36.2 Å². The van der Waals surface area contributed by atoms with Crippen molar-refractivity contribution in [3.63, 3.8) is 0 Å². The van der Waals surface area contributed by atoms with Gasteiger partial charge in [-0.1, -0.05) is 6.07 Å². The summed E-state index contributed by atoms with van der Waals surface area (Å²) in [5.74, 6) is -3.60. The zero-order valence-electron chi connectivity index (χ0n) is 24.9. The van der Waals surface area contributed by atoms with Gasteiger partial charge in [-0.25, -0.2) is 18.7 Å². The normalized spacial score (nSPS) is 23.7. The summed E-state index contributed by atoms with van der Waals surface area (Å²) >= 11 is 0. The summed E-state index contributed by atoms with van der Waals surface area (Å²) in [6, 6.07) is 5.67. The highest BCUT2D eigenvalue weighted by Gasteiger charge is 2.53. The summed E-state index contributed by atoms with van der Waals surface area (Å²) < 4.78 is 88.3. The molecule has 0 saturated carbocycles. The highest BCUT2D eigenvalue weighted by molar-refractivity contribution is 6.03. The molecule has 1 aromatic carbocycles. The van der Waals surface area contributed by atoms with Gasteiger partial charge in [0.1, 0.15) is 17.6 Å². The Morgan fingerprint density at radius 2 is 1.96 bits per heavy atom. The Labute approximate surface area is 258 Å². The number of alkyl halides is 3. The number of anilines is 2. The fourth-order valence-electron chi connectivity index (χ4n) is 7.27. The van der Waals surface area contributed by atoms with E-state index in [4.69, 9.17) is 20.2 Å². The standard InChI is InChI=1S/C31H29F5N6O4/c1-13-21-22-28(39-24(13)18-5-4-6-20(43)38-18)42-11-30(12-44-3)8-7-19(41-30)26(42)14(2)45-29(22)40-25(23(21)33)16-9-15(37)10-17(32)27(16)46-31(34,35)36/h4-6,9-10,14,19,26,41H,7-8,11-12,37H2,1-3H3,(H,38,43)/t14-,19-,26+,30+/m0/s1. The summed E-state index contributed by atoms with van der Waals surface area (Å²) in [5, 5.41) is 3.79. The zero-order chi connectivity index (χ0) is 32.7. The number of nitrogen functional groups attached to an aromatic ring is 1. The van der Waals surface area contributed by atoms with Crippen LogP contribution in [0.2, 0.25) is 0 Å². The highest BCUT2D eigenvalue weighted by atomic mass is 19.4. The molecule has 0 aliphatic carbocycles. The molecular weight excluding hydrogens is 615 g/mol. The largest absolute Gasteiger partial charge is 0.573 e. The number of rotatable bonds is 5. The molecule has 2 saturated heterocycles. The van der Waals surface area contributed by atoms with Crippen molar-refractivity contribution in [2.75, 3.05) is 30.9 Å². The summed E-state index contributed by atoms with van der Waals surface area (Å²) in [7, 11) is 1.61. The van der Waals surface area contributed by atoms with Crippen LogP contribution in [0.5, 0.6) is 11.6 Å². The number of fused-ring (bicyclic) bond motifs is 5. The van der Waals surface area contributed by atoms with E-state index < -0.39 is 52.2 Å². The topological polar surface area (TPSA) is 128 Å². The first-order chi connectivity index (χ1) is 21.8. The number of nitrogens with two attached hydrogens (primary N) is 1. The van der Waals surface area contributed by atoms with Crippen molar-refractivity contribution in [1.29, 1.82) is 0 Å². The third-order valence-corrected chi connectivity index (χ3v) is 8.98. The predicted molar refractivity (Wildman–Crippen MR) is 159 cm³/mol. The van der Waals surface area contributed by atoms with Gasteiger partial charge >= 0.3 is 6.36 Å². The number of nitrogens with one attached hydrogen (secondary N) is 2. The number of aromatic nitrogens is 3. The van der Waals surface area contributed by atoms with E-state index in [0.29, 0.717) is 25.0 Å². The van der Waals surface area contributed by atoms with Gasteiger partial charge in [0.25, 0.3) is 0 Å². The van der Waals surface area contributed by atoms with Crippen LogP contribution in [0.1, 0.15) is 25.3 Å². The number of halogens is 5. The smallest absolute Gasteiger partial charge is 0.472 e. The fourth-order valence-corrected chi connectivity index (χ4v) is 7.27. The van der Waals surface area contributed by atoms with Gasteiger partial charge in [-0.2, -0.15) is 0 Å². The highest BCUT2D eigenvalue weighted by Crippen LogP contribution is 2.49. The van der Waals surface area contributed by atoms with E-state index in [-0.39, 0.29) is 51.4 Å². The van der Waals surface area contributed by atoms with E-state index in [9.17, 15) is 22.4 Å². The fraction of sp³-hybridized carbons (Fsp3) is 0.387. The number of methoxy groups -OCH3 is 1. The van der Waals surface area contributed by atoms with Crippen LogP contribution in [-0.4, -0.2) is 65.3 Å². The second-order valence-electron chi connectivity index (χ2n) is 12.0. The molecule has 0 spiro atoms. The van der Waals surface area contributed by atoms with Crippen molar-refractivity contribution >= 4 is 22.3 Å². The van der Waals surface area contributed by atoms with E-state index in [1.54, 1.807) is 20.1 Å². The second kappa shape index (κ2) is 10.5. The maximum Gasteiger partial charge on any atom is 0.573 e. The lowest BCUT2D eigenvalue weighted by molar-refractivity contribution is -0.275. The van der Waals surface area contributed by atoms with Gasteiger partial charge in [-0.3, -0.25) is 4.79 Å². The number of hydrogen-bond acceptors (Lipinski definition) is 9. The Hall–Kier alpha value is -4.50. The molecule has 6 heterocycles. The monoisotopic (exact) mass is 644 g/mol. The molecule has 242 valence electrons. The molecule has 3 aromatic heterocycles. The molecule has 10 nitrogen and oxygen atoms in total. The second-order valence-corrected chi connectivity index (χ2v) is 12.0. The number of ether oxygens (including phenoxy) is 3. The number of piperazine rings is 1. The molecule has 3 aliphatic rings. The van der Waals surface area contributed by atoms with Gasteiger partial charge in [0, 0.05) is 42.9 Å². The third kappa shape index (κ3) is 4.80. The molecule has 4 N–H and O–H groups in total. The van der Waals surface area contributed by atoms with Gasteiger partial charge < -0.3 is 35.1 Å². The quantitative estimate of drug-likeness (QED) is 0.207. The molecule has 7 rings (SSSR count). The van der Waals surface area contributed by atoms with Crippen molar-refractivity contribution in [3.05, 3.63) is 57.9 Å². The Balaban J connectivity index is 1.56. The van der Waals surface area contributed by atoms with Gasteiger partial charge in [0.15, 0.2) is 17.4 Å². The Kier molecular flexibility index (Phi) is 6.90. The van der Waals surface area contributed by atoms with E-state index >= 15 is 4.39 Å². The molecule has 0 radical (unpaired) electrons. The predicted octanol–water partition coefficient (Wildman–Crippen LogP) is 4.83. The molecule has 3 aliphatic heterocycles. The molecule has 4 aromatic rings. The summed E-state index contributed by atoms with van der Waals surface area (Å²) in [6.45, 7) is 4.20. The number of aromatic amines is 1. The lowest BCUT2D eigenvalue weighted by Crippen LogP contribution is -2.68. The van der Waals surface area contributed by atoms with Crippen molar-refractivity contribution in [1.82, 2.24) is 20.3 Å². The molecule has 2 fully saturated rings. The van der Waals surface area contributed by atoms with Crippen LogP contribution in [-0.2, 0) is 4.74 Å². The maximum atomic E-state index is 17.0. The van der Waals surface area contributed by atoms with Crippen LogP contribution in [0.3, 0.4) is 0 Å². The summed E-state index contributed by atoms with van der Waals surface area (Å²) in [6.07, 6.45) is -4.28. The SMILES string of the molecule is COC[C@]12CC[C@H](N1)[C@H]1[C@H](C)Oc3nc(-c4cc(N)cc(F)c4OC(F)(F)F)c(F)c4c(C)c(-c5cccc(=O)[nH]5)nc(c34)N1C2. The van der Waals surface area contributed by atoms with E-state index in [1.165, 1.54) is 12.1 Å². The first kappa shape index (κ1) is 30.2. The van der Waals surface area contributed by atoms with E-state index in [0.717, 1.165) is 18.9 Å². The van der Waals surface area contributed by atoms with Crippen LogP contribution in [0.15, 0.2) is 35.1 Å². The number of pyridine rings is 3. The molecule has 0 unspecified atom stereocenters. The number of hydrogen-bond donors (Lipinski definition) is 3. The number of nitrogens with zero attached hydrogens (tertiary/aromatic N) is 3. The van der Waals surface area contributed by atoms with Crippen LogP contribution >= 0.6 is 0 Å². The van der Waals surface area contributed by atoms with E-state index in [2.05, 4.69) is 20.0 Å². The zero-order valence-corrected chi connectivity index (χ0v) is 24.9. The van der Waals surface area contributed by atoms with Gasteiger partial charge in [0.05, 0.1) is 40.5 Å². The summed E-state index contributed by atoms with van der Waals surface area (Å²) in [5.41, 5.74) is 4.12. The third-order valence-electron chi connectivity index (χ3n) is 8.98. The number of aryl methyl sites for hydroxylation is 1. The molecule has 46 heavy (non-hydrogen) atoms. The average molecular weight is 645 g/mol. The van der Waals surface area contributed by atoms with Gasteiger partial charge in [-0.05, 0) is 44.4 Å². The molecular formula is C31H29F5N6O4. The van der Waals surface area contributed by atoms with Gasteiger partial charge in [0.2, 0.25) is 11.4 Å². The molecule has 0 amide bonds. The summed E-state index contributed by atoms with van der Waals surface area (Å²) in [4.78, 5) is 26.5. The van der Waals surface area contributed by atoms with E-state index in [1.807, 2.05) is 11.8 Å². The first-order valence-electron chi connectivity index (χ1n) is 14.6. The molecule has 2 bridgehead atoms. The molecule has 4 atom stereocenters. The van der Waals surface area contributed by atoms with Crippen LogP contribution in [0, 0.1) is 18.6 Å². The van der Waals surface area contributed by atoms with Crippen molar-refractivity contribution in [3.8, 4) is 34.3 Å². The first-order valence-corrected chi connectivity index (χ1v) is 14.6. The average Bonchev–Trinajstić information content (AvgIpc) is 3.25. The van der Waals surface area contributed by atoms with Gasteiger partial charge in [-0.15, -0.1) is 13.2 Å². The number of benzene rings is 1. The number of H-pyrrole nitrogens is 1. The van der Waals surface area contributed by atoms with Crippen molar-refractivity contribution in [2.24, 2.45) is 0 Å². The minimum Gasteiger partial charge on any atom is -0.472 e. The minimum atomic E-state index is -5.30. The minimum absolute atomic E-state index is 0.0783. The lowest BCUT2D eigenvalue weighted by Gasteiger charge is -2.47. The Morgan fingerprint density at radius 3 is 2.67 bits per heavy atom. The van der Waals surface area contributed by atoms with Crippen molar-refractivity contribution in [2.45, 2.75) is 56.8 Å². The Bertz CT molecular complexity index is 1950. The van der Waals surface area contributed by atoms with Crippen LogP contribution in [0.25, 0.3) is 33.4 Å². The Morgan fingerprint density at radius 1 is 1.17 bits per heavy atom. The van der Waals surface area contributed by atoms with Crippen LogP contribution in [0.4, 0.5) is 33.5 Å².